The molecule has 0 saturated heterocycles. The van der Waals surface area contributed by atoms with E-state index in [9.17, 15) is 0 Å². The van der Waals surface area contributed by atoms with Gasteiger partial charge in [-0.25, -0.2) is 4.98 Å². The molecule has 4 N–H and O–H groups in total. The third-order valence-electron chi connectivity index (χ3n) is 6.84. The van der Waals surface area contributed by atoms with Gasteiger partial charge < -0.3 is 5.73 Å². The summed E-state index contributed by atoms with van der Waals surface area (Å²) in [6, 6.07) is 15.0. The number of H-pyrrole nitrogens is 2. The molecule has 0 aliphatic heterocycles. The molecule has 31 heavy (non-hydrogen) atoms. The van der Waals surface area contributed by atoms with Crippen LogP contribution in [0.2, 0.25) is 0 Å². The van der Waals surface area contributed by atoms with Crippen LogP contribution in [0.4, 0.5) is 5.82 Å². The Morgan fingerprint density at radius 3 is 2.65 bits per heavy atom. The molecule has 5 rings (SSSR count). The number of nitrogen functional groups attached to an aromatic ring is 1. The number of pyridine rings is 1. The maximum Gasteiger partial charge on any atom is 0.203 e. The Morgan fingerprint density at radius 1 is 1.03 bits per heavy atom. The molecule has 1 aromatic carbocycles. The lowest BCUT2D eigenvalue weighted by atomic mass is 9.76. The zero-order valence-electron chi connectivity index (χ0n) is 17.7. The predicted octanol–water partition coefficient (Wildman–Crippen LogP) is 4.93. The summed E-state index contributed by atoms with van der Waals surface area (Å²) < 4.78 is 0. The number of nitrogens with one attached hydrogen (secondary N) is 2. The molecule has 1 aliphatic carbocycles. The van der Waals surface area contributed by atoms with Crippen molar-refractivity contribution >= 4 is 17.0 Å². The van der Waals surface area contributed by atoms with E-state index in [-0.39, 0.29) is 5.92 Å². The van der Waals surface area contributed by atoms with E-state index in [1.807, 2.05) is 12.1 Å². The molecule has 1 aliphatic rings. The zero-order chi connectivity index (χ0) is 21.0. The molecule has 3 aromatic heterocycles. The van der Waals surface area contributed by atoms with Gasteiger partial charge in [-0.15, -0.1) is 5.10 Å². The minimum atomic E-state index is 0.154. The Bertz CT molecular complexity index is 1100. The topological polar surface area (TPSA) is 109 Å². The number of nitrogens with zero attached hydrogens (tertiary/aromatic N) is 4. The second-order valence-electron chi connectivity index (χ2n) is 8.76. The number of aromatic amines is 2. The third-order valence-corrected chi connectivity index (χ3v) is 6.84. The maximum absolute atomic E-state index is 6.06. The van der Waals surface area contributed by atoms with E-state index in [0.29, 0.717) is 11.5 Å². The van der Waals surface area contributed by atoms with Crippen molar-refractivity contribution in [1.29, 1.82) is 0 Å². The lowest BCUT2D eigenvalue weighted by molar-refractivity contribution is 0.301. The molecule has 4 aromatic rings. The summed E-state index contributed by atoms with van der Waals surface area (Å²) in [4.78, 5) is 4.29. The average molecular weight is 416 g/mol. The number of hydrogen-bond donors (Lipinski definition) is 3. The van der Waals surface area contributed by atoms with Crippen molar-refractivity contribution in [3.05, 3.63) is 65.5 Å². The first-order valence-electron chi connectivity index (χ1n) is 11.3. The van der Waals surface area contributed by atoms with E-state index in [1.54, 1.807) is 6.20 Å². The Morgan fingerprint density at radius 2 is 1.87 bits per heavy atom. The van der Waals surface area contributed by atoms with Gasteiger partial charge in [0.25, 0.3) is 0 Å². The summed E-state index contributed by atoms with van der Waals surface area (Å²) in [7, 11) is 0. The van der Waals surface area contributed by atoms with E-state index in [1.165, 1.54) is 37.7 Å². The van der Waals surface area contributed by atoms with Crippen LogP contribution >= 0.6 is 0 Å². The molecule has 1 unspecified atom stereocenters. The van der Waals surface area contributed by atoms with Crippen LogP contribution in [0.5, 0.6) is 0 Å². The van der Waals surface area contributed by atoms with E-state index in [4.69, 9.17) is 5.73 Å². The number of fused-ring (bicyclic) bond motifs is 1. The number of anilines is 1. The van der Waals surface area contributed by atoms with Crippen LogP contribution in [0.25, 0.3) is 11.2 Å². The van der Waals surface area contributed by atoms with Crippen molar-refractivity contribution in [1.82, 2.24) is 30.6 Å². The number of aromatic nitrogens is 6. The van der Waals surface area contributed by atoms with Gasteiger partial charge in [-0.3, -0.25) is 5.10 Å². The van der Waals surface area contributed by atoms with Gasteiger partial charge in [0, 0.05) is 17.8 Å². The molecule has 1 atom stereocenters. The predicted molar refractivity (Wildman–Crippen MR) is 122 cm³/mol. The molecule has 1 saturated carbocycles. The van der Waals surface area contributed by atoms with Crippen LogP contribution in [-0.2, 0) is 0 Å². The highest BCUT2D eigenvalue weighted by Gasteiger charge is 2.24. The van der Waals surface area contributed by atoms with Crippen LogP contribution < -0.4 is 5.73 Å². The van der Waals surface area contributed by atoms with E-state index >= 15 is 0 Å². The normalized spacial score (nSPS) is 20.1. The van der Waals surface area contributed by atoms with Crippen molar-refractivity contribution < 1.29 is 0 Å². The average Bonchev–Trinajstić information content (AvgIpc) is 3.50. The van der Waals surface area contributed by atoms with Crippen molar-refractivity contribution in [2.45, 2.75) is 56.8 Å². The molecule has 7 nitrogen and oxygen atoms in total. The van der Waals surface area contributed by atoms with Gasteiger partial charge in [-0.1, -0.05) is 43.2 Å². The molecule has 160 valence electrons. The molecule has 0 radical (unpaired) electrons. The van der Waals surface area contributed by atoms with Gasteiger partial charge in [0.15, 0.2) is 0 Å². The van der Waals surface area contributed by atoms with Gasteiger partial charge >= 0.3 is 0 Å². The molecule has 7 heteroatoms. The number of rotatable bonds is 7. The quantitative estimate of drug-likeness (QED) is 0.396. The summed E-state index contributed by atoms with van der Waals surface area (Å²) in [6.45, 7) is 0. The minimum Gasteiger partial charge on any atom is -0.384 e. The van der Waals surface area contributed by atoms with Gasteiger partial charge in [0.05, 0.1) is 0 Å². The fourth-order valence-electron chi connectivity index (χ4n) is 5.20. The summed E-state index contributed by atoms with van der Waals surface area (Å²) in [5, 5.41) is 18.5. The highest BCUT2D eigenvalue weighted by atomic mass is 15.3. The summed E-state index contributed by atoms with van der Waals surface area (Å²) in [5.74, 6) is 2.17. The fourth-order valence-corrected chi connectivity index (χ4v) is 5.20. The first-order valence-corrected chi connectivity index (χ1v) is 11.3. The second-order valence-corrected chi connectivity index (χ2v) is 8.76. The molecular formula is C24H29N7. The van der Waals surface area contributed by atoms with Gasteiger partial charge in [-0.05, 0) is 67.2 Å². The van der Waals surface area contributed by atoms with Crippen molar-refractivity contribution in [3.8, 4) is 0 Å². The molecule has 3 heterocycles. The smallest absolute Gasteiger partial charge is 0.203 e. The fraction of sp³-hybridized carbons (Fsp3) is 0.417. The first-order chi connectivity index (χ1) is 15.3. The minimum absolute atomic E-state index is 0.154. The van der Waals surface area contributed by atoms with Crippen LogP contribution in [0.1, 0.15) is 73.6 Å². The first kappa shape index (κ1) is 19.7. The maximum atomic E-state index is 6.06. The Kier molecular flexibility index (Phi) is 5.65. The highest BCUT2D eigenvalue weighted by Crippen LogP contribution is 2.39. The molecule has 0 bridgehead atoms. The van der Waals surface area contributed by atoms with Gasteiger partial charge in [0.2, 0.25) is 5.65 Å². The second kappa shape index (κ2) is 8.88. The van der Waals surface area contributed by atoms with E-state index in [0.717, 1.165) is 41.5 Å². The van der Waals surface area contributed by atoms with Crippen LogP contribution in [0.15, 0.2) is 48.7 Å². The number of benzene rings is 1. The Labute approximate surface area is 181 Å². The lowest BCUT2D eigenvalue weighted by Crippen LogP contribution is -2.14. The molecule has 0 spiro atoms. The van der Waals surface area contributed by atoms with Crippen LogP contribution in [0, 0.1) is 5.92 Å². The zero-order valence-corrected chi connectivity index (χ0v) is 17.7. The van der Waals surface area contributed by atoms with E-state index in [2.05, 4.69) is 60.9 Å². The molecular weight excluding hydrogens is 386 g/mol. The summed E-state index contributed by atoms with van der Waals surface area (Å²) in [6.07, 6.45) is 10.5. The van der Waals surface area contributed by atoms with Crippen LogP contribution in [-0.4, -0.2) is 30.6 Å². The van der Waals surface area contributed by atoms with Gasteiger partial charge in [-0.2, -0.15) is 15.4 Å². The third kappa shape index (κ3) is 4.31. The standard InChI is InChI=1S/C24H29N7/c25-22-15-20(23-24(27-22)30-31-29-23)19(21-13-14-26-28-21)8-4-5-16-9-11-18(12-10-16)17-6-2-1-3-7-17/h1-3,6-7,13-16,18-19H,4-5,8-12H2,(H,26,28)(H3,25,27,29,30,31). The van der Waals surface area contributed by atoms with Gasteiger partial charge in [0.1, 0.15) is 11.3 Å². The molecule has 1 fully saturated rings. The lowest BCUT2D eigenvalue weighted by Gasteiger charge is -2.29. The summed E-state index contributed by atoms with van der Waals surface area (Å²) in [5.41, 5.74) is 11.1. The molecule has 0 amide bonds. The number of nitrogens with two attached hydrogens (primary N) is 1. The van der Waals surface area contributed by atoms with Crippen molar-refractivity contribution in [2.75, 3.05) is 5.73 Å². The SMILES string of the molecule is Nc1cc(C(CCCC2CCC(c3ccccc3)CC2)c2ccn[nH]2)c2n[nH]nc2n1. The summed E-state index contributed by atoms with van der Waals surface area (Å²) >= 11 is 0. The Hall–Kier alpha value is -3.22. The number of hydrogen-bond acceptors (Lipinski definition) is 5. The van der Waals surface area contributed by atoms with Crippen LogP contribution in [0.3, 0.4) is 0 Å². The van der Waals surface area contributed by atoms with Crippen molar-refractivity contribution in [3.63, 3.8) is 0 Å². The van der Waals surface area contributed by atoms with E-state index < -0.39 is 0 Å². The monoisotopic (exact) mass is 415 g/mol. The van der Waals surface area contributed by atoms with Crippen molar-refractivity contribution in [2.24, 2.45) is 5.92 Å². The Balaban J connectivity index is 1.24. The highest BCUT2D eigenvalue weighted by molar-refractivity contribution is 5.76. The largest absolute Gasteiger partial charge is 0.384 e.